The molecule has 3 aromatic heterocycles. The molecule has 2 aromatic carbocycles. The number of pyridine rings is 1. The van der Waals surface area contributed by atoms with Crippen LogP contribution in [0.15, 0.2) is 82.7 Å². The normalized spacial score (nSPS) is 11.9. The number of hydrogen-bond donors (Lipinski definition) is 0. The zero-order chi connectivity index (χ0) is 24.0. The molecule has 0 unspecified atom stereocenters. The predicted octanol–water partition coefficient (Wildman–Crippen LogP) is 5.53. The molecule has 0 bridgehead atoms. The smallest absolute Gasteiger partial charge is 0.268 e. The van der Waals surface area contributed by atoms with Gasteiger partial charge in [0.25, 0.3) is 10.0 Å². The topological polar surface area (TPSA) is 69.8 Å². The van der Waals surface area contributed by atoms with Crippen molar-refractivity contribution in [3.05, 3.63) is 101 Å². The maximum Gasteiger partial charge on any atom is 0.269 e. The molecule has 0 saturated carbocycles. The average Bonchev–Trinajstić information content (AvgIpc) is 3.37. The minimum Gasteiger partial charge on any atom is -0.268 e. The highest BCUT2D eigenvalue weighted by atomic mass is 79.9. The van der Waals surface area contributed by atoms with Gasteiger partial charge in [0.1, 0.15) is 11.6 Å². The summed E-state index contributed by atoms with van der Waals surface area (Å²) in [5.41, 5.74) is 2.89. The van der Waals surface area contributed by atoms with Crippen LogP contribution >= 0.6 is 15.9 Å². The number of aryl methyl sites for hydroxylation is 1. The first kappa shape index (κ1) is 22.4. The SMILES string of the molecule is Cc1ccc(S(=O)(=O)n2cc(-c3cnn(Cc4cc(F)cc(F)c4)c3)c3cc(Br)cnc32)cc1. The predicted molar refractivity (Wildman–Crippen MR) is 128 cm³/mol. The Balaban J connectivity index is 1.60. The summed E-state index contributed by atoms with van der Waals surface area (Å²) in [6, 6.07) is 11.7. The molecule has 6 nitrogen and oxygen atoms in total. The molecular weight excluding hydrogens is 526 g/mol. The van der Waals surface area contributed by atoms with Crippen molar-refractivity contribution in [3.63, 3.8) is 0 Å². The Kier molecular flexibility index (Phi) is 5.57. The quantitative estimate of drug-likeness (QED) is 0.292. The van der Waals surface area contributed by atoms with Crippen LogP contribution in [-0.4, -0.2) is 27.2 Å². The minimum atomic E-state index is -3.91. The van der Waals surface area contributed by atoms with Crippen molar-refractivity contribution in [2.45, 2.75) is 18.4 Å². The fraction of sp³-hybridized carbons (Fsp3) is 0.0833. The Morgan fingerprint density at radius 1 is 0.971 bits per heavy atom. The van der Waals surface area contributed by atoms with Gasteiger partial charge < -0.3 is 0 Å². The van der Waals surface area contributed by atoms with Gasteiger partial charge in [0.2, 0.25) is 0 Å². The van der Waals surface area contributed by atoms with Gasteiger partial charge >= 0.3 is 0 Å². The molecule has 10 heteroatoms. The van der Waals surface area contributed by atoms with Crippen LogP contribution in [0.5, 0.6) is 0 Å². The number of hydrogen-bond acceptors (Lipinski definition) is 4. The molecule has 0 aliphatic rings. The van der Waals surface area contributed by atoms with Gasteiger partial charge in [-0.3, -0.25) is 4.68 Å². The van der Waals surface area contributed by atoms with Crippen LogP contribution in [0, 0.1) is 18.6 Å². The van der Waals surface area contributed by atoms with Crippen LogP contribution in [-0.2, 0) is 16.6 Å². The maximum absolute atomic E-state index is 13.5. The lowest BCUT2D eigenvalue weighted by molar-refractivity contribution is 0.574. The molecule has 0 atom stereocenters. The first-order valence-corrected chi connectivity index (χ1v) is 12.4. The lowest BCUT2D eigenvalue weighted by Crippen LogP contribution is -2.12. The number of fused-ring (bicyclic) bond motifs is 1. The van der Waals surface area contributed by atoms with Gasteiger partial charge in [-0.25, -0.2) is 26.2 Å². The van der Waals surface area contributed by atoms with E-state index in [2.05, 4.69) is 26.0 Å². The molecule has 5 aromatic rings. The van der Waals surface area contributed by atoms with Gasteiger partial charge in [0.15, 0.2) is 5.65 Å². The Labute approximate surface area is 202 Å². The number of halogens is 3. The number of rotatable bonds is 5. The summed E-state index contributed by atoms with van der Waals surface area (Å²) in [5.74, 6) is -1.33. The molecule has 0 amide bonds. The molecular formula is C24H17BrF2N4O2S. The van der Waals surface area contributed by atoms with Crippen LogP contribution in [0.3, 0.4) is 0 Å². The first-order valence-electron chi connectivity index (χ1n) is 10.2. The van der Waals surface area contributed by atoms with Gasteiger partial charge in [-0.15, -0.1) is 0 Å². The molecule has 0 aliphatic carbocycles. The van der Waals surface area contributed by atoms with E-state index in [1.165, 1.54) is 29.2 Å². The third-order valence-electron chi connectivity index (χ3n) is 5.37. The third-order valence-corrected chi connectivity index (χ3v) is 7.47. The van der Waals surface area contributed by atoms with E-state index in [0.717, 1.165) is 15.6 Å². The van der Waals surface area contributed by atoms with Crippen molar-refractivity contribution >= 4 is 37.0 Å². The van der Waals surface area contributed by atoms with Crippen LogP contribution in [0.1, 0.15) is 11.1 Å². The van der Waals surface area contributed by atoms with Crippen LogP contribution < -0.4 is 0 Å². The van der Waals surface area contributed by atoms with E-state index in [0.29, 0.717) is 26.5 Å². The van der Waals surface area contributed by atoms with E-state index >= 15 is 0 Å². The highest BCUT2D eigenvalue weighted by Gasteiger charge is 2.23. The first-order chi connectivity index (χ1) is 16.2. The Morgan fingerprint density at radius 2 is 1.68 bits per heavy atom. The Morgan fingerprint density at radius 3 is 2.38 bits per heavy atom. The highest BCUT2D eigenvalue weighted by molar-refractivity contribution is 9.10. The lowest BCUT2D eigenvalue weighted by atomic mass is 10.1. The van der Waals surface area contributed by atoms with Crippen molar-refractivity contribution in [2.75, 3.05) is 0 Å². The van der Waals surface area contributed by atoms with Crippen molar-refractivity contribution in [1.29, 1.82) is 0 Å². The van der Waals surface area contributed by atoms with E-state index in [-0.39, 0.29) is 17.1 Å². The van der Waals surface area contributed by atoms with Crippen molar-refractivity contribution in [3.8, 4) is 11.1 Å². The maximum atomic E-state index is 13.5. The number of benzene rings is 2. The van der Waals surface area contributed by atoms with E-state index in [4.69, 9.17) is 0 Å². The molecule has 0 fully saturated rings. The van der Waals surface area contributed by atoms with E-state index in [1.54, 1.807) is 42.7 Å². The van der Waals surface area contributed by atoms with Crippen molar-refractivity contribution in [1.82, 2.24) is 18.7 Å². The molecule has 0 saturated heterocycles. The highest BCUT2D eigenvalue weighted by Crippen LogP contribution is 2.33. The van der Waals surface area contributed by atoms with Crippen molar-refractivity contribution in [2.24, 2.45) is 0 Å². The third kappa shape index (κ3) is 4.14. The van der Waals surface area contributed by atoms with Gasteiger partial charge in [0.05, 0.1) is 17.6 Å². The largest absolute Gasteiger partial charge is 0.269 e. The number of nitrogens with zero attached hydrogens (tertiary/aromatic N) is 4. The van der Waals surface area contributed by atoms with E-state index in [9.17, 15) is 17.2 Å². The van der Waals surface area contributed by atoms with Crippen LogP contribution in [0.25, 0.3) is 22.2 Å². The fourth-order valence-corrected chi connectivity index (χ4v) is 5.43. The summed E-state index contributed by atoms with van der Waals surface area (Å²) in [6.45, 7) is 2.03. The number of aromatic nitrogens is 4. The summed E-state index contributed by atoms with van der Waals surface area (Å²) in [5, 5.41) is 4.91. The summed E-state index contributed by atoms with van der Waals surface area (Å²) < 4.78 is 57.3. The molecule has 5 rings (SSSR count). The minimum absolute atomic E-state index is 0.148. The second kappa shape index (κ2) is 8.44. The summed E-state index contributed by atoms with van der Waals surface area (Å²) in [6.07, 6.45) is 6.33. The van der Waals surface area contributed by atoms with Gasteiger partial charge in [-0.1, -0.05) is 17.7 Å². The monoisotopic (exact) mass is 542 g/mol. The molecule has 3 heterocycles. The van der Waals surface area contributed by atoms with Gasteiger partial charge in [0, 0.05) is 45.6 Å². The molecule has 0 spiro atoms. The van der Waals surface area contributed by atoms with Crippen molar-refractivity contribution < 1.29 is 17.2 Å². The van der Waals surface area contributed by atoms with Gasteiger partial charge in [-0.05, 0) is 58.7 Å². The summed E-state index contributed by atoms with van der Waals surface area (Å²) in [4.78, 5) is 4.50. The second-order valence-corrected chi connectivity index (χ2v) is 10.6. The average molecular weight is 543 g/mol. The molecule has 0 N–H and O–H groups in total. The molecule has 0 radical (unpaired) electrons. The Hall–Kier alpha value is -3.37. The van der Waals surface area contributed by atoms with E-state index in [1.807, 2.05) is 6.92 Å². The zero-order valence-corrected chi connectivity index (χ0v) is 20.2. The summed E-state index contributed by atoms with van der Waals surface area (Å²) in [7, 11) is -3.91. The second-order valence-electron chi connectivity index (χ2n) is 7.89. The zero-order valence-electron chi connectivity index (χ0n) is 17.8. The van der Waals surface area contributed by atoms with E-state index < -0.39 is 21.7 Å². The fourth-order valence-electron chi connectivity index (χ4n) is 3.77. The molecule has 0 aliphatic heterocycles. The summed E-state index contributed by atoms with van der Waals surface area (Å²) >= 11 is 3.40. The standard InChI is InChI=1S/C24H17BrF2N4O2S/c1-15-2-4-21(5-3-15)34(32,33)31-14-23(22-8-18(25)11-28-24(22)31)17-10-29-30(13-17)12-16-6-19(26)9-20(27)7-16/h2-11,13-14H,12H2,1H3. The molecule has 172 valence electrons. The van der Waals surface area contributed by atoms with Crippen LogP contribution in [0.2, 0.25) is 0 Å². The lowest BCUT2D eigenvalue weighted by Gasteiger charge is -2.07. The van der Waals surface area contributed by atoms with Crippen LogP contribution in [0.4, 0.5) is 8.78 Å². The van der Waals surface area contributed by atoms with Gasteiger partial charge in [-0.2, -0.15) is 5.10 Å². The molecule has 34 heavy (non-hydrogen) atoms. The Bertz CT molecular complexity index is 1620.